The molecule has 25 heavy (non-hydrogen) atoms. The maximum atomic E-state index is 13.1. The average molecular weight is 367 g/mol. The number of sulfonamides is 1. The lowest BCUT2D eigenvalue weighted by atomic mass is 10.1. The lowest BCUT2D eigenvalue weighted by Gasteiger charge is -2.35. The minimum Gasteiger partial charge on any atom is -0.327 e. The molecule has 0 aliphatic carbocycles. The number of quaternary nitrogens is 1. The van der Waals surface area contributed by atoms with E-state index in [1.807, 2.05) is 0 Å². The number of benzene rings is 2. The molecule has 0 amide bonds. The Hall–Kier alpha value is -1.83. The van der Waals surface area contributed by atoms with E-state index in [1.54, 1.807) is 12.1 Å². The van der Waals surface area contributed by atoms with Gasteiger partial charge in [0.1, 0.15) is 17.7 Å². The second-order valence-corrected chi connectivity index (χ2v) is 8.23. The Morgan fingerprint density at radius 2 is 1.40 bits per heavy atom. The fraction of sp³-hybridized carbons (Fsp3) is 0.333. The number of nitrogens with one attached hydrogen (secondary N) is 1. The van der Waals surface area contributed by atoms with E-state index in [-0.39, 0.29) is 16.8 Å². The van der Waals surface area contributed by atoms with Gasteiger partial charge in [0.15, 0.2) is 0 Å². The molecule has 1 aliphatic rings. The summed E-state index contributed by atoms with van der Waals surface area (Å²) in [6.45, 7) is 4.20. The van der Waals surface area contributed by atoms with E-state index >= 15 is 0 Å². The summed E-state index contributed by atoms with van der Waals surface area (Å²) in [5, 5.41) is 0. The monoisotopic (exact) mass is 367 g/mol. The van der Waals surface area contributed by atoms with Crippen molar-refractivity contribution in [3.05, 3.63) is 65.7 Å². The first kappa shape index (κ1) is 18.0. The molecule has 7 heteroatoms. The van der Waals surface area contributed by atoms with Gasteiger partial charge in [-0.3, -0.25) is 0 Å². The van der Waals surface area contributed by atoms with Crippen molar-refractivity contribution in [2.24, 2.45) is 0 Å². The van der Waals surface area contributed by atoms with Crippen LogP contribution < -0.4 is 4.90 Å². The van der Waals surface area contributed by atoms with Crippen molar-refractivity contribution in [1.29, 1.82) is 0 Å². The van der Waals surface area contributed by atoms with Crippen LogP contribution >= 0.6 is 0 Å². The van der Waals surface area contributed by atoms with E-state index in [0.29, 0.717) is 26.2 Å². The Labute approximate surface area is 146 Å². The third-order valence-electron chi connectivity index (χ3n) is 4.80. The lowest BCUT2D eigenvalue weighted by Crippen LogP contribution is -3.14. The van der Waals surface area contributed by atoms with Crippen molar-refractivity contribution in [1.82, 2.24) is 4.31 Å². The molecule has 1 saturated heterocycles. The third kappa shape index (κ3) is 3.89. The minimum absolute atomic E-state index is 0.115. The molecule has 134 valence electrons. The van der Waals surface area contributed by atoms with Crippen LogP contribution in [0.2, 0.25) is 0 Å². The normalized spacial score (nSPS) is 18.2. The smallest absolute Gasteiger partial charge is 0.243 e. The fourth-order valence-corrected chi connectivity index (χ4v) is 4.63. The van der Waals surface area contributed by atoms with Gasteiger partial charge in [-0.05, 0) is 43.3 Å². The highest BCUT2D eigenvalue weighted by Crippen LogP contribution is 2.17. The number of nitrogens with zero attached hydrogens (tertiary/aromatic N) is 1. The molecule has 0 spiro atoms. The molecule has 3 rings (SSSR count). The maximum absolute atomic E-state index is 13.1. The van der Waals surface area contributed by atoms with Crippen molar-refractivity contribution in [2.75, 3.05) is 26.2 Å². The summed E-state index contributed by atoms with van der Waals surface area (Å²) in [7, 11) is -3.59. The van der Waals surface area contributed by atoms with Gasteiger partial charge in [0.05, 0.1) is 31.1 Å². The van der Waals surface area contributed by atoms with Crippen LogP contribution in [-0.4, -0.2) is 38.9 Å². The van der Waals surface area contributed by atoms with E-state index in [4.69, 9.17) is 0 Å². The maximum Gasteiger partial charge on any atom is 0.243 e. The topological polar surface area (TPSA) is 41.8 Å². The molecule has 2 aromatic rings. The summed E-state index contributed by atoms with van der Waals surface area (Å²) in [4.78, 5) is 1.38. The standard InChI is InChI=1S/C18H20F2N2O2S/c1-14(15-2-4-16(19)5-3-15)21-10-12-22(13-11-21)25(23,24)18-8-6-17(20)7-9-18/h2-9,14H,10-13H2,1H3/p+1/t14-/m0/s1. The zero-order chi connectivity index (χ0) is 18.0. The molecule has 1 atom stereocenters. The van der Waals surface area contributed by atoms with Crippen LogP contribution in [0.25, 0.3) is 0 Å². The van der Waals surface area contributed by atoms with Gasteiger partial charge >= 0.3 is 0 Å². The van der Waals surface area contributed by atoms with Crippen molar-refractivity contribution in [2.45, 2.75) is 17.9 Å². The number of rotatable bonds is 4. The molecule has 0 radical (unpaired) electrons. The highest BCUT2D eigenvalue weighted by molar-refractivity contribution is 7.89. The summed E-state index contributed by atoms with van der Waals surface area (Å²) in [6.07, 6.45) is 0. The van der Waals surface area contributed by atoms with Crippen LogP contribution in [0.3, 0.4) is 0 Å². The zero-order valence-electron chi connectivity index (χ0n) is 14.0. The van der Waals surface area contributed by atoms with Crippen LogP contribution in [-0.2, 0) is 10.0 Å². The zero-order valence-corrected chi connectivity index (χ0v) is 14.8. The van der Waals surface area contributed by atoms with Crippen molar-refractivity contribution < 1.29 is 22.1 Å². The summed E-state index contributed by atoms with van der Waals surface area (Å²) >= 11 is 0. The predicted octanol–water partition coefficient (Wildman–Crippen LogP) is 1.62. The predicted molar refractivity (Wildman–Crippen MR) is 90.7 cm³/mol. The first-order chi connectivity index (χ1) is 11.9. The first-order valence-electron chi connectivity index (χ1n) is 8.23. The Morgan fingerprint density at radius 1 is 0.920 bits per heavy atom. The summed E-state index contributed by atoms with van der Waals surface area (Å²) in [6, 6.07) is 11.5. The Kier molecular flexibility index (Phi) is 5.17. The molecule has 4 nitrogen and oxygen atoms in total. The molecular weight excluding hydrogens is 346 g/mol. The van der Waals surface area contributed by atoms with Gasteiger partial charge in [-0.15, -0.1) is 0 Å². The van der Waals surface area contributed by atoms with Crippen LogP contribution in [0.5, 0.6) is 0 Å². The first-order valence-corrected chi connectivity index (χ1v) is 9.68. The van der Waals surface area contributed by atoms with E-state index in [2.05, 4.69) is 6.92 Å². The van der Waals surface area contributed by atoms with Gasteiger partial charge in [0, 0.05) is 5.56 Å². The van der Waals surface area contributed by atoms with Gasteiger partial charge in [0.2, 0.25) is 10.0 Å². The second kappa shape index (κ2) is 7.19. The van der Waals surface area contributed by atoms with Gasteiger partial charge in [0.25, 0.3) is 0 Å². The van der Waals surface area contributed by atoms with Crippen LogP contribution in [0.4, 0.5) is 8.78 Å². The highest BCUT2D eigenvalue weighted by atomic mass is 32.2. The van der Waals surface area contributed by atoms with Gasteiger partial charge < -0.3 is 4.90 Å². The van der Waals surface area contributed by atoms with Crippen molar-refractivity contribution in [3.8, 4) is 0 Å². The number of piperazine rings is 1. The van der Waals surface area contributed by atoms with Crippen LogP contribution in [0.15, 0.2) is 53.4 Å². The van der Waals surface area contributed by atoms with Crippen molar-refractivity contribution >= 4 is 10.0 Å². The largest absolute Gasteiger partial charge is 0.327 e. The molecule has 2 aromatic carbocycles. The lowest BCUT2D eigenvalue weighted by molar-refractivity contribution is -0.933. The molecule has 0 aromatic heterocycles. The quantitative estimate of drug-likeness (QED) is 0.892. The van der Waals surface area contributed by atoms with E-state index in [0.717, 1.165) is 17.7 Å². The van der Waals surface area contributed by atoms with Crippen LogP contribution in [0, 0.1) is 11.6 Å². The fourth-order valence-electron chi connectivity index (χ4n) is 3.19. The van der Waals surface area contributed by atoms with E-state index < -0.39 is 15.8 Å². The van der Waals surface area contributed by atoms with Gasteiger partial charge in [-0.25, -0.2) is 17.2 Å². The molecular formula is C18H21F2N2O2S+. The summed E-state index contributed by atoms with van der Waals surface area (Å²) < 4.78 is 52.8. The van der Waals surface area contributed by atoms with E-state index in [9.17, 15) is 17.2 Å². The Balaban J connectivity index is 1.67. The van der Waals surface area contributed by atoms with Crippen LogP contribution in [0.1, 0.15) is 18.5 Å². The molecule has 1 aliphatic heterocycles. The number of halogens is 2. The summed E-state index contributed by atoms with van der Waals surface area (Å²) in [5.74, 6) is -0.720. The van der Waals surface area contributed by atoms with Gasteiger partial charge in [-0.2, -0.15) is 4.31 Å². The second-order valence-electron chi connectivity index (χ2n) is 6.29. The molecule has 1 N–H and O–H groups in total. The minimum atomic E-state index is -3.59. The van der Waals surface area contributed by atoms with E-state index in [1.165, 1.54) is 33.5 Å². The molecule has 0 saturated carbocycles. The Morgan fingerprint density at radius 3 is 1.92 bits per heavy atom. The third-order valence-corrected chi connectivity index (χ3v) is 6.71. The molecule has 1 fully saturated rings. The van der Waals surface area contributed by atoms with Gasteiger partial charge in [-0.1, -0.05) is 12.1 Å². The molecule has 0 unspecified atom stereocenters. The summed E-state index contributed by atoms with van der Waals surface area (Å²) in [5.41, 5.74) is 1.03. The average Bonchev–Trinajstić information content (AvgIpc) is 2.62. The highest BCUT2D eigenvalue weighted by Gasteiger charge is 2.32. The number of hydrogen-bond acceptors (Lipinski definition) is 2. The SMILES string of the molecule is C[C@@H](c1ccc(F)cc1)[NH+]1CCN(S(=O)(=O)c2ccc(F)cc2)CC1. The van der Waals surface area contributed by atoms with Crippen molar-refractivity contribution in [3.63, 3.8) is 0 Å². The number of hydrogen-bond donors (Lipinski definition) is 1. The molecule has 0 bridgehead atoms. The Bertz CT molecular complexity index is 815. The molecule has 1 heterocycles.